The Hall–Kier alpha value is -1.06. The highest BCUT2D eigenvalue weighted by Crippen LogP contribution is 2.37. The number of hydrogen-bond acceptors (Lipinski definition) is 2. The summed E-state index contributed by atoms with van der Waals surface area (Å²) in [5.41, 5.74) is 0. The van der Waals surface area contributed by atoms with E-state index in [2.05, 4.69) is 0 Å². The van der Waals surface area contributed by atoms with Crippen molar-refractivity contribution in [2.24, 2.45) is 11.8 Å². The Labute approximate surface area is 89.3 Å². The van der Waals surface area contributed by atoms with Gasteiger partial charge in [-0.05, 0) is 32.6 Å². The second-order valence-corrected chi connectivity index (χ2v) is 4.65. The molecule has 84 valence electrons. The minimum Gasteiger partial charge on any atom is -0.481 e. The van der Waals surface area contributed by atoms with Crippen LogP contribution < -0.4 is 0 Å². The Kier molecular flexibility index (Phi) is 2.67. The predicted octanol–water partition coefficient (Wildman–Crippen LogP) is 1.11. The Balaban J connectivity index is 1.99. The van der Waals surface area contributed by atoms with Crippen LogP contribution in [0.5, 0.6) is 0 Å². The van der Waals surface area contributed by atoms with Gasteiger partial charge in [0.25, 0.3) is 0 Å². The fourth-order valence-electron chi connectivity index (χ4n) is 2.56. The van der Waals surface area contributed by atoms with E-state index in [1.54, 1.807) is 0 Å². The molecular formula is C11H17NO3. The summed E-state index contributed by atoms with van der Waals surface area (Å²) in [6.45, 7) is 2.85. The monoisotopic (exact) mass is 211 g/mol. The van der Waals surface area contributed by atoms with Gasteiger partial charge in [0.15, 0.2) is 0 Å². The smallest absolute Gasteiger partial charge is 0.307 e. The first-order valence-corrected chi connectivity index (χ1v) is 5.64. The van der Waals surface area contributed by atoms with Crippen LogP contribution in [0.2, 0.25) is 0 Å². The quantitative estimate of drug-likeness (QED) is 0.744. The van der Waals surface area contributed by atoms with Crippen molar-refractivity contribution in [2.45, 2.75) is 38.6 Å². The summed E-state index contributed by atoms with van der Waals surface area (Å²) in [6.07, 6.45) is 3.51. The lowest BCUT2D eigenvalue weighted by molar-refractivity contribution is -0.156. The number of hydrogen-bond donors (Lipinski definition) is 1. The Morgan fingerprint density at radius 3 is 2.27 bits per heavy atom. The van der Waals surface area contributed by atoms with Gasteiger partial charge in [-0.25, -0.2) is 0 Å². The van der Waals surface area contributed by atoms with Crippen molar-refractivity contribution in [3.05, 3.63) is 0 Å². The molecule has 2 aliphatic rings. The van der Waals surface area contributed by atoms with Crippen LogP contribution in [0.15, 0.2) is 0 Å². The first-order chi connectivity index (χ1) is 7.11. The number of carbonyl (C=O) groups excluding carboxylic acids is 1. The molecule has 0 aromatic heterocycles. The molecule has 3 unspecified atom stereocenters. The molecule has 0 aromatic carbocycles. The molecule has 1 N–H and O–H groups in total. The zero-order valence-electron chi connectivity index (χ0n) is 8.98. The maximum atomic E-state index is 12.0. The van der Waals surface area contributed by atoms with Gasteiger partial charge in [0.2, 0.25) is 5.91 Å². The number of carbonyl (C=O) groups is 2. The van der Waals surface area contributed by atoms with E-state index in [0.29, 0.717) is 12.5 Å². The Morgan fingerprint density at radius 1 is 1.20 bits per heavy atom. The van der Waals surface area contributed by atoms with E-state index < -0.39 is 11.9 Å². The zero-order chi connectivity index (χ0) is 11.0. The molecule has 0 bridgehead atoms. The number of amides is 1. The van der Waals surface area contributed by atoms with E-state index in [1.165, 1.54) is 0 Å². The number of nitrogens with zero attached hydrogens (tertiary/aromatic N) is 1. The predicted molar refractivity (Wildman–Crippen MR) is 54.3 cm³/mol. The van der Waals surface area contributed by atoms with Gasteiger partial charge in [-0.3, -0.25) is 9.59 Å². The lowest BCUT2D eigenvalue weighted by atomic mass is 9.73. The fraction of sp³-hybridized carbons (Fsp3) is 0.818. The van der Waals surface area contributed by atoms with Gasteiger partial charge in [0, 0.05) is 12.6 Å². The van der Waals surface area contributed by atoms with Crippen molar-refractivity contribution in [3.8, 4) is 0 Å². The standard InChI is InChI=1S/C11H17NO3/c1-7-3-2-6-12(7)10(13)8-4-5-9(8)11(14)15/h7-9H,2-6H2,1H3,(H,14,15). The third-order valence-corrected chi connectivity index (χ3v) is 3.74. The molecule has 0 aromatic rings. The number of rotatable bonds is 2. The van der Waals surface area contributed by atoms with Gasteiger partial charge >= 0.3 is 5.97 Å². The summed E-state index contributed by atoms with van der Waals surface area (Å²) < 4.78 is 0. The minimum absolute atomic E-state index is 0.0682. The lowest BCUT2D eigenvalue weighted by Gasteiger charge is -2.36. The Bertz CT molecular complexity index is 290. The summed E-state index contributed by atoms with van der Waals surface area (Å²) in [5, 5.41) is 8.89. The van der Waals surface area contributed by atoms with Crippen LogP contribution in [0.1, 0.15) is 32.6 Å². The van der Waals surface area contributed by atoms with Crippen LogP contribution in [0.25, 0.3) is 0 Å². The molecule has 4 nitrogen and oxygen atoms in total. The third kappa shape index (κ3) is 1.73. The largest absolute Gasteiger partial charge is 0.481 e. The van der Waals surface area contributed by atoms with E-state index >= 15 is 0 Å². The third-order valence-electron chi connectivity index (χ3n) is 3.74. The summed E-state index contributed by atoms with van der Waals surface area (Å²) in [4.78, 5) is 24.7. The highest BCUT2D eigenvalue weighted by atomic mass is 16.4. The highest BCUT2D eigenvalue weighted by Gasteiger charge is 2.44. The van der Waals surface area contributed by atoms with Crippen LogP contribution in [0.4, 0.5) is 0 Å². The van der Waals surface area contributed by atoms with E-state index in [-0.39, 0.29) is 11.8 Å². The molecule has 0 radical (unpaired) electrons. The van der Waals surface area contributed by atoms with Gasteiger partial charge in [-0.2, -0.15) is 0 Å². The van der Waals surface area contributed by atoms with Gasteiger partial charge in [-0.1, -0.05) is 0 Å². The highest BCUT2D eigenvalue weighted by molar-refractivity contribution is 5.86. The molecule has 2 rings (SSSR count). The molecule has 1 aliphatic carbocycles. The van der Waals surface area contributed by atoms with Crippen molar-refractivity contribution >= 4 is 11.9 Å². The molecule has 1 amide bonds. The SMILES string of the molecule is CC1CCCN1C(=O)C1CCC1C(=O)O. The number of aliphatic carboxylic acids is 1. The lowest BCUT2D eigenvalue weighted by Crippen LogP contribution is -2.47. The average Bonchev–Trinajstić information content (AvgIpc) is 2.47. The van der Waals surface area contributed by atoms with E-state index in [9.17, 15) is 9.59 Å². The topological polar surface area (TPSA) is 57.6 Å². The number of likely N-dealkylation sites (tertiary alicyclic amines) is 1. The molecule has 1 saturated heterocycles. The van der Waals surface area contributed by atoms with Gasteiger partial charge < -0.3 is 10.0 Å². The summed E-state index contributed by atoms with van der Waals surface area (Å²) in [5.74, 6) is -1.42. The van der Waals surface area contributed by atoms with Crippen LogP contribution in [0, 0.1) is 11.8 Å². The van der Waals surface area contributed by atoms with Crippen LogP contribution >= 0.6 is 0 Å². The normalized spacial score (nSPS) is 35.0. The van der Waals surface area contributed by atoms with E-state index in [4.69, 9.17) is 5.11 Å². The maximum Gasteiger partial charge on any atom is 0.307 e. The minimum atomic E-state index is -0.813. The number of carboxylic acid groups (broad SMARTS) is 1. The Morgan fingerprint density at radius 2 is 1.87 bits per heavy atom. The van der Waals surface area contributed by atoms with Gasteiger partial charge in [0.05, 0.1) is 11.8 Å². The summed E-state index contributed by atoms with van der Waals surface area (Å²) in [6, 6.07) is 0.299. The number of carboxylic acids is 1. The van der Waals surface area contributed by atoms with Crippen molar-refractivity contribution < 1.29 is 14.7 Å². The first kappa shape index (κ1) is 10.5. The van der Waals surface area contributed by atoms with E-state index in [1.807, 2.05) is 11.8 Å². The van der Waals surface area contributed by atoms with Crippen LogP contribution in [-0.4, -0.2) is 34.5 Å². The van der Waals surface area contributed by atoms with Gasteiger partial charge in [0.1, 0.15) is 0 Å². The molecule has 2 fully saturated rings. The van der Waals surface area contributed by atoms with Crippen molar-refractivity contribution in [3.63, 3.8) is 0 Å². The summed E-state index contributed by atoms with van der Waals surface area (Å²) >= 11 is 0. The molecule has 15 heavy (non-hydrogen) atoms. The fourth-order valence-corrected chi connectivity index (χ4v) is 2.56. The second-order valence-electron chi connectivity index (χ2n) is 4.65. The van der Waals surface area contributed by atoms with Crippen molar-refractivity contribution in [1.82, 2.24) is 4.90 Å². The molecular weight excluding hydrogens is 194 g/mol. The van der Waals surface area contributed by atoms with Crippen LogP contribution in [-0.2, 0) is 9.59 Å². The van der Waals surface area contributed by atoms with Crippen molar-refractivity contribution in [1.29, 1.82) is 0 Å². The molecule has 0 spiro atoms. The molecule has 1 heterocycles. The molecule has 4 heteroatoms. The second kappa shape index (κ2) is 3.83. The van der Waals surface area contributed by atoms with Gasteiger partial charge in [-0.15, -0.1) is 0 Å². The molecule has 1 aliphatic heterocycles. The van der Waals surface area contributed by atoms with Crippen molar-refractivity contribution in [2.75, 3.05) is 6.54 Å². The average molecular weight is 211 g/mol. The zero-order valence-corrected chi connectivity index (χ0v) is 8.98. The maximum absolute atomic E-state index is 12.0. The molecule has 1 saturated carbocycles. The van der Waals surface area contributed by atoms with Crippen LogP contribution in [0.3, 0.4) is 0 Å². The summed E-state index contributed by atoms with van der Waals surface area (Å²) in [7, 11) is 0. The van der Waals surface area contributed by atoms with E-state index in [0.717, 1.165) is 25.8 Å². The first-order valence-electron chi connectivity index (χ1n) is 5.64. The molecule has 3 atom stereocenters.